The molecular formula is C29H23BrN2O7S. The number of nitrogens with zero attached hydrogens (tertiary/aromatic N) is 2. The Bertz CT molecular complexity index is 1870. The lowest BCUT2D eigenvalue weighted by atomic mass is 9.95. The number of hydrogen-bond donors (Lipinski definition) is 0. The van der Waals surface area contributed by atoms with E-state index in [4.69, 9.17) is 18.6 Å². The van der Waals surface area contributed by atoms with Crippen LogP contribution in [0.1, 0.15) is 31.2 Å². The van der Waals surface area contributed by atoms with E-state index in [-0.39, 0.29) is 22.6 Å². The topological polar surface area (TPSA) is 109 Å². The van der Waals surface area contributed by atoms with E-state index in [2.05, 4.69) is 20.9 Å². The van der Waals surface area contributed by atoms with Gasteiger partial charge in [-0.1, -0.05) is 45.5 Å². The molecule has 0 N–H and O–H groups in total. The number of aromatic nitrogens is 1. The summed E-state index contributed by atoms with van der Waals surface area (Å²) < 4.78 is 24.5. The Morgan fingerprint density at radius 2 is 1.90 bits per heavy atom. The fraction of sp³-hybridized carbons (Fsp3) is 0.172. The van der Waals surface area contributed by atoms with Crippen LogP contribution in [0.2, 0.25) is 0 Å². The van der Waals surface area contributed by atoms with E-state index in [1.807, 2.05) is 30.3 Å². The van der Waals surface area contributed by atoms with E-state index < -0.39 is 18.0 Å². The number of methoxy groups -OCH3 is 2. The lowest BCUT2D eigenvalue weighted by Crippen LogP contribution is -2.39. The van der Waals surface area contributed by atoms with Gasteiger partial charge in [0.2, 0.25) is 0 Å². The van der Waals surface area contributed by atoms with Crippen LogP contribution in [-0.2, 0) is 14.3 Å². The fourth-order valence-corrected chi connectivity index (χ4v) is 5.88. The van der Waals surface area contributed by atoms with E-state index in [1.165, 1.54) is 37.0 Å². The number of benzene rings is 2. The Morgan fingerprint density at radius 1 is 1.10 bits per heavy atom. The predicted octanol–water partition coefficient (Wildman–Crippen LogP) is 4.36. The van der Waals surface area contributed by atoms with Gasteiger partial charge in [-0.3, -0.25) is 14.2 Å². The number of furan rings is 1. The maximum Gasteiger partial charge on any atom is 0.338 e. The lowest BCUT2D eigenvalue weighted by Gasteiger charge is -2.25. The summed E-state index contributed by atoms with van der Waals surface area (Å²) in [4.78, 5) is 43.2. The molecule has 2 aromatic heterocycles. The second-order valence-corrected chi connectivity index (χ2v) is 10.7. The van der Waals surface area contributed by atoms with Crippen LogP contribution in [-0.4, -0.2) is 30.7 Å². The predicted molar refractivity (Wildman–Crippen MR) is 152 cm³/mol. The molecule has 0 radical (unpaired) electrons. The van der Waals surface area contributed by atoms with Crippen LogP contribution >= 0.6 is 27.3 Å². The van der Waals surface area contributed by atoms with Gasteiger partial charge in [-0.25, -0.2) is 9.79 Å². The first kappa shape index (κ1) is 27.4. The largest absolute Gasteiger partial charge is 0.493 e. The van der Waals surface area contributed by atoms with Crippen LogP contribution < -0.4 is 24.4 Å². The molecule has 2 aromatic carbocycles. The molecule has 1 atom stereocenters. The van der Waals surface area contributed by atoms with Crippen LogP contribution in [0.5, 0.6) is 11.5 Å². The van der Waals surface area contributed by atoms with Gasteiger partial charge in [0.25, 0.3) is 5.56 Å². The van der Waals surface area contributed by atoms with Crippen LogP contribution in [0.25, 0.3) is 17.4 Å². The van der Waals surface area contributed by atoms with Gasteiger partial charge in [-0.2, -0.15) is 0 Å². The number of hydrogen-bond acceptors (Lipinski definition) is 9. The van der Waals surface area contributed by atoms with Gasteiger partial charge in [-0.05, 0) is 48.9 Å². The Hall–Kier alpha value is -4.22. The Labute approximate surface area is 240 Å². The molecule has 5 rings (SSSR count). The van der Waals surface area contributed by atoms with Crippen molar-refractivity contribution >= 4 is 45.3 Å². The summed E-state index contributed by atoms with van der Waals surface area (Å²) in [6.45, 7) is 2.98. The third-order valence-electron chi connectivity index (χ3n) is 6.19. The zero-order valence-electron chi connectivity index (χ0n) is 21.9. The first-order chi connectivity index (χ1) is 19.2. The quantitative estimate of drug-likeness (QED) is 0.232. The van der Waals surface area contributed by atoms with Gasteiger partial charge in [0.1, 0.15) is 11.5 Å². The lowest BCUT2D eigenvalue weighted by molar-refractivity contribution is -0.136. The molecule has 0 saturated heterocycles. The number of carbonyl (C=O) groups is 2. The molecule has 11 heteroatoms. The summed E-state index contributed by atoms with van der Waals surface area (Å²) in [6.07, 6.45) is 1.66. The number of halogens is 1. The molecule has 40 heavy (non-hydrogen) atoms. The summed E-state index contributed by atoms with van der Waals surface area (Å²) in [6, 6.07) is 15.3. The first-order valence-corrected chi connectivity index (χ1v) is 13.6. The van der Waals surface area contributed by atoms with E-state index in [9.17, 15) is 14.4 Å². The van der Waals surface area contributed by atoms with Crippen molar-refractivity contribution in [1.29, 1.82) is 0 Å². The van der Waals surface area contributed by atoms with Crippen molar-refractivity contribution in [2.24, 2.45) is 4.99 Å². The number of allylic oxidation sites excluding steroid dienone is 1. The molecule has 3 heterocycles. The second-order valence-electron chi connectivity index (χ2n) is 8.79. The van der Waals surface area contributed by atoms with Crippen LogP contribution in [0.15, 0.2) is 84.5 Å². The molecular weight excluding hydrogens is 600 g/mol. The minimum Gasteiger partial charge on any atom is -0.493 e. The Morgan fingerprint density at radius 3 is 2.60 bits per heavy atom. The minimum absolute atomic E-state index is 0.207. The maximum absolute atomic E-state index is 13.8. The van der Waals surface area contributed by atoms with E-state index in [0.29, 0.717) is 32.1 Å². The van der Waals surface area contributed by atoms with E-state index in [1.54, 1.807) is 37.3 Å². The maximum atomic E-state index is 13.8. The van der Waals surface area contributed by atoms with E-state index >= 15 is 0 Å². The van der Waals surface area contributed by atoms with Crippen molar-refractivity contribution < 1.29 is 28.2 Å². The average Bonchev–Trinajstić information content (AvgIpc) is 3.52. The normalized spacial score (nSPS) is 14.9. The highest BCUT2D eigenvalue weighted by atomic mass is 79.9. The van der Waals surface area contributed by atoms with Crippen molar-refractivity contribution in [3.8, 4) is 22.8 Å². The third-order valence-corrected chi connectivity index (χ3v) is 7.67. The van der Waals surface area contributed by atoms with Crippen LogP contribution in [0.4, 0.5) is 0 Å². The van der Waals surface area contributed by atoms with Gasteiger partial charge in [-0.15, -0.1) is 0 Å². The Balaban J connectivity index is 1.65. The molecule has 0 aliphatic carbocycles. The number of fused-ring (bicyclic) bond motifs is 1. The number of thiazole rings is 1. The highest BCUT2D eigenvalue weighted by Crippen LogP contribution is 2.36. The Kier molecular flexibility index (Phi) is 7.59. The van der Waals surface area contributed by atoms with Crippen molar-refractivity contribution in [2.75, 3.05) is 14.2 Å². The summed E-state index contributed by atoms with van der Waals surface area (Å²) in [5.41, 5.74) is 1.71. The van der Waals surface area contributed by atoms with Gasteiger partial charge < -0.3 is 18.6 Å². The van der Waals surface area contributed by atoms with Gasteiger partial charge in [0.15, 0.2) is 16.3 Å². The molecule has 1 unspecified atom stereocenters. The minimum atomic E-state index is -0.861. The molecule has 9 nitrogen and oxygen atoms in total. The standard InChI is InChI=1S/C29H23BrN2O7S/c1-15-25(28(35)37-4)26(18-8-10-22(38-16(2)33)23(13-18)36-3)32-27(34)24(40-29(32)31-15)14-20-9-11-21(39-20)17-6-5-7-19(30)12-17/h5-14,26H,1-4H3/b24-14+. The summed E-state index contributed by atoms with van der Waals surface area (Å²) in [5, 5.41) is 0. The summed E-state index contributed by atoms with van der Waals surface area (Å²) in [5.74, 6) is 0.504. The molecule has 4 aromatic rings. The van der Waals surface area contributed by atoms with Gasteiger partial charge in [0, 0.05) is 23.0 Å². The number of esters is 2. The molecule has 0 fully saturated rings. The molecule has 0 amide bonds. The highest BCUT2D eigenvalue weighted by molar-refractivity contribution is 9.10. The third kappa shape index (κ3) is 5.17. The number of ether oxygens (including phenoxy) is 3. The second kappa shape index (κ2) is 11.1. The van der Waals surface area contributed by atoms with Crippen molar-refractivity contribution in [3.05, 3.63) is 101 Å². The molecule has 1 aliphatic heterocycles. The highest BCUT2D eigenvalue weighted by Gasteiger charge is 2.33. The monoisotopic (exact) mass is 622 g/mol. The zero-order chi connectivity index (χ0) is 28.6. The van der Waals surface area contributed by atoms with Crippen molar-refractivity contribution in [2.45, 2.75) is 19.9 Å². The first-order valence-electron chi connectivity index (χ1n) is 12.0. The number of carbonyl (C=O) groups excluding carboxylic acids is 2. The molecule has 0 spiro atoms. The van der Waals surface area contributed by atoms with Crippen molar-refractivity contribution in [1.82, 2.24) is 4.57 Å². The van der Waals surface area contributed by atoms with Crippen LogP contribution in [0.3, 0.4) is 0 Å². The molecule has 0 bridgehead atoms. The molecule has 204 valence electrons. The van der Waals surface area contributed by atoms with Gasteiger partial charge >= 0.3 is 11.9 Å². The molecule has 0 saturated carbocycles. The fourth-order valence-electron chi connectivity index (χ4n) is 4.46. The summed E-state index contributed by atoms with van der Waals surface area (Å²) in [7, 11) is 2.71. The van der Waals surface area contributed by atoms with Gasteiger partial charge in [0.05, 0.1) is 36.1 Å². The zero-order valence-corrected chi connectivity index (χ0v) is 24.3. The molecule has 1 aliphatic rings. The SMILES string of the molecule is COC(=O)C1=C(C)N=c2s/c(=C/c3ccc(-c4cccc(Br)c4)o3)c(=O)n2C1c1ccc(OC(C)=O)c(OC)c1. The summed E-state index contributed by atoms with van der Waals surface area (Å²) >= 11 is 4.65. The average molecular weight is 623 g/mol. The smallest absolute Gasteiger partial charge is 0.338 e. The van der Waals surface area contributed by atoms with Crippen LogP contribution in [0, 0.1) is 0 Å². The van der Waals surface area contributed by atoms with Crippen molar-refractivity contribution in [3.63, 3.8) is 0 Å². The number of rotatable bonds is 6. The van der Waals surface area contributed by atoms with E-state index in [0.717, 1.165) is 10.0 Å².